The first-order chi connectivity index (χ1) is 8.40. The van der Waals surface area contributed by atoms with E-state index in [9.17, 15) is 18.4 Å². The minimum Gasteiger partial charge on any atom is -0.343 e. The normalized spacial score (nSPS) is 20.0. The first-order valence-corrected chi connectivity index (χ1v) is 5.94. The summed E-state index contributed by atoms with van der Waals surface area (Å²) in [5.41, 5.74) is -0.122. The van der Waals surface area contributed by atoms with Gasteiger partial charge in [-0.15, -0.1) is 0 Å². The quantitative estimate of drug-likeness (QED) is 0.854. The molecule has 1 aromatic carbocycles. The van der Waals surface area contributed by atoms with Crippen molar-refractivity contribution in [3.05, 3.63) is 28.2 Å². The third-order valence-electron chi connectivity index (χ3n) is 2.57. The molecule has 0 aromatic heterocycles. The molecule has 2 rings (SSSR count). The van der Waals surface area contributed by atoms with Crippen molar-refractivity contribution in [1.29, 1.82) is 0 Å². The summed E-state index contributed by atoms with van der Waals surface area (Å²) in [5, 5.41) is 2.44. The lowest BCUT2D eigenvalue weighted by Crippen LogP contribution is -2.57. The summed E-state index contributed by atoms with van der Waals surface area (Å²) >= 11 is 3.00. The van der Waals surface area contributed by atoms with Gasteiger partial charge in [-0.1, -0.05) is 0 Å². The average Bonchev–Trinajstić information content (AvgIpc) is 2.23. The van der Waals surface area contributed by atoms with Crippen LogP contribution in [0.5, 0.6) is 0 Å². The molecule has 0 bridgehead atoms. The summed E-state index contributed by atoms with van der Waals surface area (Å²) in [7, 11) is 0. The van der Waals surface area contributed by atoms with Crippen LogP contribution in [0.3, 0.4) is 0 Å². The fourth-order valence-electron chi connectivity index (χ4n) is 1.79. The topological polar surface area (TPSA) is 49.4 Å². The van der Waals surface area contributed by atoms with E-state index in [1.807, 2.05) is 0 Å². The van der Waals surface area contributed by atoms with Gasteiger partial charge in [-0.2, -0.15) is 0 Å². The van der Waals surface area contributed by atoms with Crippen molar-refractivity contribution in [1.82, 2.24) is 5.32 Å². The van der Waals surface area contributed by atoms with Crippen LogP contribution in [0.1, 0.15) is 6.92 Å². The highest BCUT2D eigenvalue weighted by Gasteiger charge is 2.33. The van der Waals surface area contributed by atoms with Crippen molar-refractivity contribution in [2.24, 2.45) is 0 Å². The number of amides is 2. The number of piperazine rings is 1. The van der Waals surface area contributed by atoms with E-state index in [4.69, 9.17) is 0 Å². The van der Waals surface area contributed by atoms with Crippen LogP contribution in [0.15, 0.2) is 16.6 Å². The fraction of sp³-hybridized carbons (Fsp3) is 0.273. The number of halogens is 3. The van der Waals surface area contributed by atoms with Gasteiger partial charge in [0.2, 0.25) is 11.8 Å². The molecule has 1 heterocycles. The Bertz CT molecular complexity index is 513. The lowest BCUT2D eigenvalue weighted by atomic mass is 10.1. The molecule has 18 heavy (non-hydrogen) atoms. The Morgan fingerprint density at radius 3 is 2.67 bits per heavy atom. The first kappa shape index (κ1) is 12.9. The van der Waals surface area contributed by atoms with Crippen LogP contribution in [0, 0.1) is 11.6 Å². The van der Waals surface area contributed by atoms with Gasteiger partial charge in [-0.3, -0.25) is 14.5 Å². The van der Waals surface area contributed by atoms with E-state index in [1.54, 1.807) is 0 Å². The first-order valence-electron chi connectivity index (χ1n) is 5.15. The Morgan fingerprint density at radius 2 is 2.06 bits per heavy atom. The van der Waals surface area contributed by atoms with Gasteiger partial charge in [-0.05, 0) is 28.9 Å². The molecule has 0 radical (unpaired) electrons. The minimum atomic E-state index is -0.892. The van der Waals surface area contributed by atoms with Crippen LogP contribution in [0.2, 0.25) is 0 Å². The van der Waals surface area contributed by atoms with Crippen molar-refractivity contribution in [3.8, 4) is 0 Å². The molecule has 0 aliphatic carbocycles. The Balaban J connectivity index is 2.48. The highest BCUT2D eigenvalue weighted by Crippen LogP contribution is 2.31. The number of anilines is 1. The molecule has 1 N–H and O–H groups in total. The van der Waals surface area contributed by atoms with Crippen molar-refractivity contribution >= 4 is 33.4 Å². The summed E-state index contributed by atoms with van der Waals surface area (Å²) in [6.07, 6.45) is 0. The standard InChI is InChI=1S/C11H9BrF2N2O2/c1-5-11(18)16(4-9(17)15-5)10-7(12)2-6(13)3-8(10)14/h2-3,5H,4H2,1H3,(H,15,17). The molecule has 96 valence electrons. The number of hydrogen-bond acceptors (Lipinski definition) is 2. The van der Waals surface area contributed by atoms with E-state index in [1.165, 1.54) is 6.92 Å². The summed E-state index contributed by atoms with van der Waals surface area (Å²) in [4.78, 5) is 24.3. The monoisotopic (exact) mass is 318 g/mol. The summed E-state index contributed by atoms with van der Waals surface area (Å²) in [6.45, 7) is 1.21. The second kappa shape index (κ2) is 4.64. The summed E-state index contributed by atoms with van der Waals surface area (Å²) in [6, 6.07) is 0.982. The highest BCUT2D eigenvalue weighted by atomic mass is 79.9. The molecule has 1 aliphatic rings. The second-order valence-electron chi connectivity index (χ2n) is 3.93. The predicted octanol–water partition coefficient (Wildman–Crippen LogP) is 1.58. The van der Waals surface area contributed by atoms with E-state index >= 15 is 0 Å². The zero-order chi connectivity index (χ0) is 13.4. The third kappa shape index (κ3) is 2.22. The van der Waals surface area contributed by atoms with Crippen molar-refractivity contribution in [2.45, 2.75) is 13.0 Å². The van der Waals surface area contributed by atoms with Crippen molar-refractivity contribution in [2.75, 3.05) is 11.4 Å². The number of nitrogens with zero attached hydrogens (tertiary/aromatic N) is 1. The summed E-state index contributed by atoms with van der Waals surface area (Å²) in [5.74, 6) is -2.49. The molecule has 1 aromatic rings. The van der Waals surface area contributed by atoms with Gasteiger partial charge in [0.05, 0.1) is 5.69 Å². The lowest BCUT2D eigenvalue weighted by Gasteiger charge is -2.31. The predicted molar refractivity (Wildman–Crippen MR) is 64.0 cm³/mol. The minimum absolute atomic E-state index is 0.0928. The Labute approximate surface area is 110 Å². The van der Waals surface area contributed by atoms with Gasteiger partial charge in [0, 0.05) is 10.5 Å². The number of benzene rings is 1. The lowest BCUT2D eigenvalue weighted by molar-refractivity contribution is -0.130. The van der Waals surface area contributed by atoms with Crippen LogP contribution in [0.25, 0.3) is 0 Å². The molecule has 7 heteroatoms. The van der Waals surface area contributed by atoms with Gasteiger partial charge in [0.25, 0.3) is 0 Å². The SMILES string of the molecule is CC1NC(=O)CN(c2c(F)cc(F)cc2Br)C1=O. The molecule has 1 unspecified atom stereocenters. The number of nitrogens with one attached hydrogen (secondary N) is 1. The molecule has 2 amide bonds. The molecule has 0 saturated carbocycles. The van der Waals surface area contributed by atoms with Crippen molar-refractivity contribution < 1.29 is 18.4 Å². The van der Waals surface area contributed by atoms with Gasteiger partial charge >= 0.3 is 0 Å². The number of carbonyl (C=O) groups excluding carboxylic acids is 2. The third-order valence-corrected chi connectivity index (χ3v) is 3.17. The molecule has 1 aliphatic heterocycles. The molecule has 1 atom stereocenters. The molecular formula is C11H9BrF2N2O2. The van der Waals surface area contributed by atoms with Crippen molar-refractivity contribution in [3.63, 3.8) is 0 Å². The number of carbonyl (C=O) groups is 2. The van der Waals surface area contributed by atoms with Gasteiger partial charge in [-0.25, -0.2) is 8.78 Å². The van der Waals surface area contributed by atoms with E-state index in [0.717, 1.165) is 11.0 Å². The fourth-order valence-corrected chi connectivity index (χ4v) is 2.41. The molecule has 0 spiro atoms. The van der Waals surface area contributed by atoms with Crippen LogP contribution in [-0.2, 0) is 9.59 Å². The van der Waals surface area contributed by atoms with Crippen LogP contribution in [0.4, 0.5) is 14.5 Å². The van der Waals surface area contributed by atoms with Crippen LogP contribution < -0.4 is 10.2 Å². The van der Waals surface area contributed by atoms with E-state index in [-0.39, 0.29) is 16.7 Å². The second-order valence-corrected chi connectivity index (χ2v) is 4.79. The summed E-state index contributed by atoms with van der Waals surface area (Å²) < 4.78 is 26.8. The van der Waals surface area contributed by atoms with Crippen LogP contribution >= 0.6 is 15.9 Å². The molecule has 1 saturated heterocycles. The maximum Gasteiger partial charge on any atom is 0.249 e. The largest absolute Gasteiger partial charge is 0.343 e. The maximum absolute atomic E-state index is 13.7. The highest BCUT2D eigenvalue weighted by molar-refractivity contribution is 9.10. The van der Waals surface area contributed by atoms with Gasteiger partial charge in [0.15, 0.2) is 5.82 Å². The smallest absolute Gasteiger partial charge is 0.249 e. The zero-order valence-corrected chi connectivity index (χ0v) is 10.9. The van der Waals surface area contributed by atoms with Gasteiger partial charge < -0.3 is 5.32 Å². The van der Waals surface area contributed by atoms with Crippen LogP contribution in [-0.4, -0.2) is 24.4 Å². The van der Waals surface area contributed by atoms with E-state index < -0.39 is 29.5 Å². The maximum atomic E-state index is 13.7. The molecule has 4 nitrogen and oxygen atoms in total. The average molecular weight is 319 g/mol. The van der Waals surface area contributed by atoms with Gasteiger partial charge in [0.1, 0.15) is 18.4 Å². The Hall–Kier alpha value is -1.50. The number of rotatable bonds is 1. The Kier molecular flexibility index (Phi) is 3.34. The zero-order valence-electron chi connectivity index (χ0n) is 9.34. The molecular weight excluding hydrogens is 310 g/mol. The Morgan fingerprint density at radius 1 is 1.39 bits per heavy atom. The van der Waals surface area contributed by atoms with E-state index in [2.05, 4.69) is 21.2 Å². The van der Waals surface area contributed by atoms with E-state index in [0.29, 0.717) is 6.07 Å². The number of hydrogen-bond donors (Lipinski definition) is 1. The molecule has 1 fully saturated rings.